The van der Waals surface area contributed by atoms with Gasteiger partial charge >= 0.3 is 8.60 Å². The van der Waals surface area contributed by atoms with Gasteiger partial charge in [-0.3, -0.25) is 0 Å². The minimum atomic E-state index is -2.62. The lowest BCUT2D eigenvalue weighted by molar-refractivity contribution is -0.0688. The van der Waals surface area contributed by atoms with Gasteiger partial charge in [-0.15, -0.1) is 0 Å². The standard InChI is InChI=1S/C5H10Cl2O4.H3O3P/c6-5(7,11)4(1-8,2-9)3-10;1-4(2)3/h8-11H,1-3H2;1-3H. The third-order valence-corrected chi connectivity index (χ3v) is 2.35. The maximum atomic E-state index is 8.98. The largest absolute Gasteiger partial charge is 0.395 e. The number of aliphatic hydroxyl groups excluding tert-OH is 3. The van der Waals surface area contributed by atoms with Crippen molar-refractivity contribution in [3.05, 3.63) is 0 Å². The van der Waals surface area contributed by atoms with Gasteiger partial charge in [-0.25, -0.2) is 0 Å². The highest BCUT2D eigenvalue weighted by Gasteiger charge is 2.47. The van der Waals surface area contributed by atoms with E-state index in [1.165, 1.54) is 0 Å². The zero-order valence-electron chi connectivity index (χ0n) is 7.45. The lowest BCUT2D eigenvalue weighted by Crippen LogP contribution is -2.48. The molecule has 0 atom stereocenters. The molecule has 0 aliphatic rings. The minimum Gasteiger partial charge on any atom is -0.395 e. The van der Waals surface area contributed by atoms with Crippen LogP contribution in [-0.2, 0) is 0 Å². The molecule has 0 rings (SSSR count). The Hall–Kier alpha value is 0.730. The Kier molecular flexibility index (Phi) is 9.55. The molecule has 0 heterocycles. The van der Waals surface area contributed by atoms with Crippen molar-refractivity contribution in [2.45, 2.75) is 4.52 Å². The molecule has 0 aromatic rings. The summed E-state index contributed by atoms with van der Waals surface area (Å²) < 4.78 is -2.34. The van der Waals surface area contributed by atoms with Gasteiger partial charge in [0.25, 0.3) is 0 Å². The van der Waals surface area contributed by atoms with Gasteiger partial charge in [0, 0.05) is 0 Å². The van der Waals surface area contributed by atoms with Crippen LogP contribution < -0.4 is 0 Å². The molecule has 0 amide bonds. The third kappa shape index (κ3) is 6.80. The molecule has 0 aliphatic carbocycles. The van der Waals surface area contributed by atoms with Crippen molar-refractivity contribution >= 4 is 31.8 Å². The maximum Gasteiger partial charge on any atom is 0.324 e. The average Bonchev–Trinajstić information content (AvgIpc) is 2.04. The van der Waals surface area contributed by atoms with Crippen LogP contribution in [0.15, 0.2) is 0 Å². The van der Waals surface area contributed by atoms with E-state index in [1.807, 2.05) is 0 Å². The SMILES string of the molecule is OCC(CO)(CO)C(O)(Cl)Cl.OP(O)O. The van der Waals surface area contributed by atoms with Crippen LogP contribution in [0.2, 0.25) is 0 Å². The summed E-state index contributed by atoms with van der Waals surface area (Å²) in [5.41, 5.74) is -1.68. The van der Waals surface area contributed by atoms with Gasteiger partial charge in [0.2, 0.25) is 4.52 Å². The predicted molar refractivity (Wildman–Crippen MR) is 53.9 cm³/mol. The van der Waals surface area contributed by atoms with Crippen molar-refractivity contribution in [2.75, 3.05) is 19.8 Å². The maximum absolute atomic E-state index is 8.98. The van der Waals surface area contributed by atoms with Crippen LogP contribution in [0.25, 0.3) is 0 Å². The van der Waals surface area contributed by atoms with Gasteiger partial charge in [0.15, 0.2) is 0 Å². The molecule has 0 aromatic heterocycles. The molecular weight excluding hydrogens is 274 g/mol. The van der Waals surface area contributed by atoms with Crippen molar-refractivity contribution in [2.24, 2.45) is 5.41 Å². The molecule has 7 N–H and O–H groups in total. The van der Waals surface area contributed by atoms with E-state index in [1.54, 1.807) is 0 Å². The number of aliphatic hydroxyl groups is 4. The van der Waals surface area contributed by atoms with Crippen LogP contribution in [0.4, 0.5) is 0 Å². The molecule has 0 bridgehead atoms. The molecule has 94 valence electrons. The first-order chi connectivity index (χ1) is 6.66. The quantitative estimate of drug-likeness (QED) is 0.240. The van der Waals surface area contributed by atoms with Crippen molar-refractivity contribution in [3.8, 4) is 0 Å². The van der Waals surface area contributed by atoms with E-state index in [-0.39, 0.29) is 0 Å². The highest BCUT2D eigenvalue weighted by molar-refractivity contribution is 7.38. The van der Waals surface area contributed by atoms with E-state index >= 15 is 0 Å². The topological polar surface area (TPSA) is 142 Å². The highest BCUT2D eigenvalue weighted by atomic mass is 35.5. The molecule has 0 radical (unpaired) electrons. The average molecular weight is 287 g/mol. The van der Waals surface area contributed by atoms with E-state index in [4.69, 9.17) is 58.3 Å². The molecule has 0 saturated heterocycles. The molecule has 0 aromatic carbocycles. The molecule has 0 unspecified atom stereocenters. The van der Waals surface area contributed by atoms with Gasteiger partial charge in [-0.1, -0.05) is 23.2 Å². The Bertz CT molecular complexity index is 147. The van der Waals surface area contributed by atoms with Gasteiger partial charge in [0.05, 0.1) is 25.2 Å². The van der Waals surface area contributed by atoms with E-state index in [0.717, 1.165) is 0 Å². The van der Waals surface area contributed by atoms with E-state index in [0.29, 0.717) is 0 Å². The third-order valence-electron chi connectivity index (χ3n) is 1.55. The van der Waals surface area contributed by atoms with Crippen molar-refractivity contribution in [1.82, 2.24) is 0 Å². The second kappa shape index (κ2) is 7.92. The summed E-state index contributed by atoms with van der Waals surface area (Å²) >= 11 is 10.4. The van der Waals surface area contributed by atoms with Gasteiger partial charge in [0.1, 0.15) is 0 Å². The summed E-state index contributed by atoms with van der Waals surface area (Å²) in [5, 5.41) is 35.0. The smallest absolute Gasteiger partial charge is 0.324 e. The zero-order valence-corrected chi connectivity index (χ0v) is 9.86. The van der Waals surface area contributed by atoms with Gasteiger partial charge < -0.3 is 35.1 Å². The number of alkyl halides is 2. The molecular formula is C5H13Cl2O7P. The Morgan fingerprint density at radius 3 is 1.07 bits per heavy atom. The van der Waals surface area contributed by atoms with Crippen molar-refractivity contribution < 1.29 is 35.1 Å². The van der Waals surface area contributed by atoms with Crippen LogP contribution in [-0.4, -0.2) is 59.4 Å². The van der Waals surface area contributed by atoms with Crippen molar-refractivity contribution in [1.29, 1.82) is 0 Å². The summed E-state index contributed by atoms with van der Waals surface area (Å²) in [6.07, 6.45) is 0. The summed E-state index contributed by atoms with van der Waals surface area (Å²) in [5.74, 6) is 0. The van der Waals surface area contributed by atoms with E-state index in [2.05, 4.69) is 0 Å². The van der Waals surface area contributed by atoms with Gasteiger partial charge in [-0.2, -0.15) is 0 Å². The van der Waals surface area contributed by atoms with Gasteiger partial charge in [-0.05, 0) is 0 Å². The lowest BCUT2D eigenvalue weighted by atomic mass is 9.92. The Balaban J connectivity index is 0. The predicted octanol–water partition coefficient (Wildman–Crippen LogP) is -1.74. The molecule has 0 aliphatic heterocycles. The van der Waals surface area contributed by atoms with E-state index in [9.17, 15) is 0 Å². The van der Waals surface area contributed by atoms with Crippen LogP contribution in [0.3, 0.4) is 0 Å². The first-order valence-electron chi connectivity index (χ1n) is 3.46. The van der Waals surface area contributed by atoms with Crippen LogP contribution >= 0.6 is 31.8 Å². The second-order valence-electron chi connectivity index (χ2n) is 2.56. The Morgan fingerprint density at radius 2 is 1.07 bits per heavy atom. The lowest BCUT2D eigenvalue weighted by Gasteiger charge is -2.34. The number of hydrogen-bond acceptors (Lipinski definition) is 7. The molecule has 10 heteroatoms. The summed E-state index contributed by atoms with van der Waals surface area (Å²) in [4.78, 5) is 21.7. The first-order valence-corrected chi connectivity index (χ1v) is 5.42. The first kappa shape index (κ1) is 18.1. The Labute approximate surface area is 97.1 Å². The fourth-order valence-corrected chi connectivity index (χ4v) is 0.794. The molecule has 0 spiro atoms. The van der Waals surface area contributed by atoms with E-state index < -0.39 is 38.4 Å². The Morgan fingerprint density at radius 1 is 0.867 bits per heavy atom. The number of halogens is 2. The zero-order chi connectivity index (χ0) is 12.7. The summed E-state index contributed by atoms with van der Waals surface area (Å²) in [7, 11) is -2.62. The molecule has 0 saturated carbocycles. The molecule has 7 nitrogen and oxygen atoms in total. The summed E-state index contributed by atoms with van der Waals surface area (Å²) in [6.45, 7) is -2.11. The fraction of sp³-hybridized carbons (Fsp3) is 1.00. The monoisotopic (exact) mass is 286 g/mol. The van der Waals surface area contributed by atoms with Crippen molar-refractivity contribution in [3.63, 3.8) is 0 Å². The van der Waals surface area contributed by atoms with Crippen LogP contribution in [0.1, 0.15) is 0 Å². The number of rotatable bonds is 4. The fourth-order valence-electron chi connectivity index (χ4n) is 0.435. The molecule has 15 heavy (non-hydrogen) atoms. The normalized spacial score (nSPS) is 12.4. The number of hydrogen-bond donors (Lipinski definition) is 7. The minimum absolute atomic E-state index is 0.705. The summed E-state index contributed by atoms with van der Waals surface area (Å²) in [6, 6.07) is 0. The van der Waals surface area contributed by atoms with Crippen LogP contribution in [0, 0.1) is 5.41 Å². The van der Waals surface area contributed by atoms with Crippen LogP contribution in [0.5, 0.6) is 0 Å². The second-order valence-corrected chi connectivity index (χ2v) is 4.39. The molecule has 0 fully saturated rings. The highest BCUT2D eigenvalue weighted by Crippen LogP contribution is 2.37.